The van der Waals surface area contributed by atoms with E-state index in [1.807, 2.05) is 45.0 Å². The highest BCUT2D eigenvalue weighted by Crippen LogP contribution is 2.19. The highest BCUT2D eigenvalue weighted by Gasteiger charge is 2.27. The molecule has 0 aliphatic carbocycles. The minimum absolute atomic E-state index is 0.00936. The molecule has 31 heavy (non-hydrogen) atoms. The molecule has 172 valence electrons. The lowest BCUT2D eigenvalue weighted by Crippen LogP contribution is -2.47. The first-order valence-electron chi connectivity index (χ1n) is 10.8. The molecule has 1 saturated heterocycles. The van der Waals surface area contributed by atoms with E-state index in [4.69, 9.17) is 4.74 Å². The summed E-state index contributed by atoms with van der Waals surface area (Å²) >= 11 is 0. The number of guanidine groups is 1. The number of carbonyl (C=O) groups excluding carboxylic acids is 2. The van der Waals surface area contributed by atoms with Gasteiger partial charge in [-0.1, -0.05) is 12.1 Å². The largest absolute Gasteiger partial charge is 0.444 e. The number of rotatable bonds is 5. The molecule has 1 aromatic rings. The van der Waals surface area contributed by atoms with Crippen LogP contribution in [0.4, 0.5) is 4.79 Å². The molecule has 0 bridgehead atoms. The van der Waals surface area contributed by atoms with Gasteiger partial charge in [-0.25, -0.2) is 4.79 Å². The van der Waals surface area contributed by atoms with Gasteiger partial charge < -0.3 is 25.2 Å². The number of aliphatic imine (C=N–C) groups is 1. The third-order valence-electron chi connectivity index (χ3n) is 5.02. The molecule has 0 aromatic heterocycles. The van der Waals surface area contributed by atoms with Crippen molar-refractivity contribution in [3.8, 4) is 0 Å². The summed E-state index contributed by atoms with van der Waals surface area (Å²) in [4.78, 5) is 32.0. The van der Waals surface area contributed by atoms with Crippen molar-refractivity contribution in [3.63, 3.8) is 0 Å². The van der Waals surface area contributed by atoms with Crippen LogP contribution in [0, 0.1) is 5.92 Å². The fourth-order valence-corrected chi connectivity index (χ4v) is 3.39. The number of amides is 2. The molecule has 0 saturated carbocycles. The van der Waals surface area contributed by atoms with Crippen molar-refractivity contribution >= 4 is 18.0 Å². The Labute approximate surface area is 186 Å². The van der Waals surface area contributed by atoms with Crippen LogP contribution in [0.5, 0.6) is 0 Å². The Morgan fingerprint density at radius 2 is 1.87 bits per heavy atom. The third kappa shape index (κ3) is 8.11. The molecular weight excluding hydrogens is 394 g/mol. The van der Waals surface area contributed by atoms with Crippen molar-refractivity contribution in [2.24, 2.45) is 10.9 Å². The first kappa shape index (κ1) is 24.5. The Morgan fingerprint density at radius 3 is 2.45 bits per heavy atom. The summed E-state index contributed by atoms with van der Waals surface area (Å²) in [6.45, 7) is 8.41. The molecule has 1 aliphatic rings. The lowest BCUT2D eigenvalue weighted by atomic mass is 9.98. The van der Waals surface area contributed by atoms with Crippen molar-refractivity contribution in [2.75, 3.05) is 40.8 Å². The van der Waals surface area contributed by atoms with E-state index in [1.165, 1.54) is 0 Å². The predicted molar refractivity (Wildman–Crippen MR) is 123 cm³/mol. The maximum Gasteiger partial charge on any atom is 0.410 e. The number of nitrogens with zero attached hydrogens (tertiary/aromatic N) is 3. The second kappa shape index (κ2) is 11.0. The fraction of sp³-hybridized carbons (Fsp3) is 0.609. The van der Waals surface area contributed by atoms with E-state index >= 15 is 0 Å². The smallest absolute Gasteiger partial charge is 0.410 e. The topological polar surface area (TPSA) is 86.3 Å². The Bertz CT molecular complexity index is 768. The van der Waals surface area contributed by atoms with Gasteiger partial charge in [-0.2, -0.15) is 0 Å². The average Bonchev–Trinajstić information content (AvgIpc) is 2.72. The lowest BCUT2D eigenvalue weighted by molar-refractivity contribution is 0.0168. The van der Waals surface area contributed by atoms with Crippen LogP contribution in [-0.2, 0) is 11.3 Å². The van der Waals surface area contributed by atoms with Crippen molar-refractivity contribution < 1.29 is 14.3 Å². The number of carbonyl (C=O) groups is 2. The van der Waals surface area contributed by atoms with E-state index < -0.39 is 5.60 Å². The Morgan fingerprint density at radius 1 is 1.19 bits per heavy atom. The maximum absolute atomic E-state index is 12.3. The van der Waals surface area contributed by atoms with Crippen LogP contribution in [0.3, 0.4) is 0 Å². The highest BCUT2D eigenvalue weighted by molar-refractivity contribution is 5.93. The summed E-state index contributed by atoms with van der Waals surface area (Å²) in [5, 5.41) is 6.66. The van der Waals surface area contributed by atoms with Crippen molar-refractivity contribution in [3.05, 3.63) is 35.4 Å². The van der Waals surface area contributed by atoms with Crippen LogP contribution < -0.4 is 10.6 Å². The Balaban J connectivity index is 1.80. The zero-order valence-electron chi connectivity index (χ0n) is 19.7. The molecule has 1 unspecified atom stereocenters. The summed E-state index contributed by atoms with van der Waals surface area (Å²) in [6.07, 6.45) is 1.79. The van der Waals surface area contributed by atoms with Crippen molar-refractivity contribution in [1.29, 1.82) is 0 Å². The van der Waals surface area contributed by atoms with Gasteiger partial charge in [0.25, 0.3) is 5.91 Å². The van der Waals surface area contributed by atoms with Gasteiger partial charge >= 0.3 is 6.09 Å². The molecule has 0 radical (unpaired) electrons. The summed E-state index contributed by atoms with van der Waals surface area (Å²) in [6, 6.07) is 7.55. The molecule has 1 aromatic carbocycles. The van der Waals surface area contributed by atoms with Crippen LogP contribution in [-0.4, -0.2) is 74.1 Å². The second-order valence-electron chi connectivity index (χ2n) is 9.14. The standard InChI is InChI=1S/C23H37N5O3/c1-23(2,3)31-22(30)28-13-7-8-18(16-28)15-26-21(24-4)25-14-17-9-11-19(12-10-17)20(29)27(5)6/h9-12,18H,7-8,13-16H2,1-6H3,(H2,24,25,26). The normalized spacial score (nSPS) is 17.2. The highest BCUT2D eigenvalue weighted by atomic mass is 16.6. The number of likely N-dealkylation sites (tertiary alicyclic amines) is 1. The van der Waals surface area contributed by atoms with Gasteiger partial charge in [0.2, 0.25) is 0 Å². The zero-order chi connectivity index (χ0) is 23.0. The summed E-state index contributed by atoms with van der Waals surface area (Å²) in [7, 11) is 5.22. The van der Waals surface area contributed by atoms with Crippen molar-refractivity contribution in [2.45, 2.75) is 45.8 Å². The number of nitrogens with one attached hydrogen (secondary N) is 2. The van der Waals surface area contributed by atoms with Crippen LogP contribution >= 0.6 is 0 Å². The van der Waals surface area contributed by atoms with Gasteiger partial charge in [-0.05, 0) is 57.2 Å². The quantitative estimate of drug-likeness (QED) is 0.553. The monoisotopic (exact) mass is 431 g/mol. The van der Waals surface area contributed by atoms with E-state index in [0.29, 0.717) is 30.5 Å². The molecule has 2 rings (SSSR count). The molecule has 1 atom stereocenters. The Kier molecular flexibility index (Phi) is 8.71. The van der Waals surface area contributed by atoms with Crippen molar-refractivity contribution in [1.82, 2.24) is 20.4 Å². The van der Waals surface area contributed by atoms with Gasteiger partial charge in [0.1, 0.15) is 5.60 Å². The molecule has 1 fully saturated rings. The minimum atomic E-state index is -0.480. The third-order valence-corrected chi connectivity index (χ3v) is 5.02. The minimum Gasteiger partial charge on any atom is -0.444 e. The summed E-state index contributed by atoms with van der Waals surface area (Å²) < 4.78 is 5.50. The molecule has 8 heteroatoms. The van der Waals surface area contributed by atoms with Gasteiger partial charge in [0.05, 0.1) is 0 Å². The number of piperidine rings is 1. The van der Waals surface area contributed by atoms with Crippen LogP contribution in [0.2, 0.25) is 0 Å². The number of hydrogen-bond donors (Lipinski definition) is 2. The van der Waals surface area contributed by atoms with Crippen LogP contribution in [0.15, 0.2) is 29.3 Å². The van der Waals surface area contributed by atoms with E-state index in [1.54, 1.807) is 30.9 Å². The molecule has 1 aliphatic heterocycles. The molecule has 2 amide bonds. The van der Waals surface area contributed by atoms with Gasteiger partial charge in [0, 0.05) is 52.9 Å². The van der Waals surface area contributed by atoms with Gasteiger partial charge in [-0.3, -0.25) is 9.79 Å². The van der Waals surface area contributed by atoms with E-state index in [-0.39, 0.29) is 12.0 Å². The van der Waals surface area contributed by atoms with E-state index in [2.05, 4.69) is 15.6 Å². The van der Waals surface area contributed by atoms with Crippen LogP contribution in [0.1, 0.15) is 49.5 Å². The SMILES string of the molecule is CN=C(NCc1ccc(C(=O)N(C)C)cc1)NCC1CCCN(C(=O)OC(C)(C)C)C1. The average molecular weight is 432 g/mol. The molecular formula is C23H37N5O3. The second-order valence-corrected chi connectivity index (χ2v) is 9.14. The predicted octanol–water partition coefficient (Wildman–Crippen LogP) is 2.70. The number of benzene rings is 1. The zero-order valence-corrected chi connectivity index (χ0v) is 19.7. The lowest BCUT2D eigenvalue weighted by Gasteiger charge is -2.34. The number of hydrogen-bond acceptors (Lipinski definition) is 4. The van der Waals surface area contributed by atoms with Gasteiger partial charge in [0.15, 0.2) is 5.96 Å². The molecule has 0 spiro atoms. The molecule has 2 N–H and O–H groups in total. The molecule has 8 nitrogen and oxygen atoms in total. The van der Waals surface area contributed by atoms with Crippen LogP contribution in [0.25, 0.3) is 0 Å². The fourth-order valence-electron chi connectivity index (χ4n) is 3.39. The van der Waals surface area contributed by atoms with Gasteiger partial charge in [-0.15, -0.1) is 0 Å². The summed E-state index contributed by atoms with van der Waals surface area (Å²) in [5.41, 5.74) is 1.25. The first-order chi connectivity index (χ1) is 14.6. The summed E-state index contributed by atoms with van der Waals surface area (Å²) in [5.74, 6) is 1.05. The number of ether oxygens (including phenoxy) is 1. The Hall–Kier alpha value is -2.77. The van der Waals surface area contributed by atoms with E-state index in [0.717, 1.165) is 31.5 Å². The first-order valence-corrected chi connectivity index (χ1v) is 10.8. The van der Waals surface area contributed by atoms with E-state index in [9.17, 15) is 9.59 Å². The molecule has 1 heterocycles. The maximum atomic E-state index is 12.3.